The second-order valence-electron chi connectivity index (χ2n) is 3.01. The van der Waals surface area contributed by atoms with E-state index in [9.17, 15) is 4.79 Å². The Morgan fingerprint density at radius 3 is 2.80 bits per heavy atom. The Labute approximate surface area is 87.6 Å². The van der Waals surface area contributed by atoms with E-state index in [1.165, 1.54) is 6.07 Å². The fourth-order valence-corrected chi connectivity index (χ4v) is 1.12. The number of para-hydroxylation sites is 1. The summed E-state index contributed by atoms with van der Waals surface area (Å²) in [5.74, 6) is -0.667. The minimum Gasteiger partial charge on any atom is -0.491 e. The van der Waals surface area contributed by atoms with Crippen LogP contribution in [0.5, 0.6) is 5.75 Å². The monoisotopic (exact) mass is 210 g/mol. The molecular formula is C10H14N2O3. The van der Waals surface area contributed by atoms with Crippen molar-refractivity contribution < 1.29 is 14.6 Å². The van der Waals surface area contributed by atoms with Gasteiger partial charge in [-0.3, -0.25) is 0 Å². The van der Waals surface area contributed by atoms with Crippen LogP contribution in [0.2, 0.25) is 0 Å². The fraction of sp³-hybridized carbons (Fsp3) is 0.300. The van der Waals surface area contributed by atoms with Gasteiger partial charge in [0.2, 0.25) is 0 Å². The molecule has 1 aromatic carbocycles. The second-order valence-corrected chi connectivity index (χ2v) is 3.01. The van der Waals surface area contributed by atoms with Crippen molar-refractivity contribution in [2.45, 2.75) is 6.42 Å². The van der Waals surface area contributed by atoms with Gasteiger partial charge in [-0.2, -0.15) is 0 Å². The van der Waals surface area contributed by atoms with Crippen molar-refractivity contribution in [1.29, 1.82) is 0 Å². The van der Waals surface area contributed by atoms with Gasteiger partial charge in [0.25, 0.3) is 0 Å². The van der Waals surface area contributed by atoms with Gasteiger partial charge >= 0.3 is 5.97 Å². The molecule has 0 heterocycles. The molecular weight excluding hydrogens is 196 g/mol. The summed E-state index contributed by atoms with van der Waals surface area (Å²) in [6.07, 6.45) is 0.705. The van der Waals surface area contributed by atoms with E-state index in [0.717, 1.165) is 0 Å². The molecule has 15 heavy (non-hydrogen) atoms. The average Bonchev–Trinajstić information content (AvgIpc) is 2.20. The van der Waals surface area contributed by atoms with E-state index >= 15 is 0 Å². The first-order chi connectivity index (χ1) is 7.16. The van der Waals surface area contributed by atoms with Crippen LogP contribution in [0.3, 0.4) is 0 Å². The van der Waals surface area contributed by atoms with Gasteiger partial charge in [-0.25, -0.2) is 4.79 Å². The van der Waals surface area contributed by atoms with Gasteiger partial charge in [-0.05, 0) is 25.1 Å². The first kappa shape index (κ1) is 11.3. The zero-order valence-corrected chi connectivity index (χ0v) is 8.27. The number of anilines is 1. The van der Waals surface area contributed by atoms with Crippen LogP contribution in [0.1, 0.15) is 16.8 Å². The maximum atomic E-state index is 10.7. The van der Waals surface area contributed by atoms with Crippen molar-refractivity contribution in [3.05, 3.63) is 23.8 Å². The molecule has 0 bridgehead atoms. The van der Waals surface area contributed by atoms with Gasteiger partial charge in [0.15, 0.2) is 0 Å². The van der Waals surface area contributed by atoms with Crippen LogP contribution in [0, 0.1) is 0 Å². The van der Waals surface area contributed by atoms with Gasteiger partial charge in [0.05, 0.1) is 17.9 Å². The Bertz CT molecular complexity index is 353. The molecule has 1 aromatic rings. The van der Waals surface area contributed by atoms with Crippen molar-refractivity contribution in [2.75, 3.05) is 18.9 Å². The van der Waals surface area contributed by atoms with E-state index in [1.807, 2.05) is 0 Å². The predicted molar refractivity (Wildman–Crippen MR) is 57.0 cm³/mol. The van der Waals surface area contributed by atoms with Crippen molar-refractivity contribution in [1.82, 2.24) is 0 Å². The molecule has 0 fully saturated rings. The van der Waals surface area contributed by atoms with Gasteiger partial charge in [-0.15, -0.1) is 0 Å². The number of hydrogen-bond acceptors (Lipinski definition) is 4. The van der Waals surface area contributed by atoms with Crippen molar-refractivity contribution >= 4 is 11.7 Å². The highest BCUT2D eigenvalue weighted by Crippen LogP contribution is 2.25. The van der Waals surface area contributed by atoms with E-state index in [2.05, 4.69) is 0 Å². The van der Waals surface area contributed by atoms with Crippen LogP contribution in [0.25, 0.3) is 0 Å². The third-order valence-electron chi connectivity index (χ3n) is 1.90. The van der Waals surface area contributed by atoms with Gasteiger partial charge in [0, 0.05) is 0 Å². The highest BCUT2D eigenvalue weighted by molar-refractivity contribution is 5.95. The molecule has 0 saturated heterocycles. The predicted octanol–water partition coefficient (Wildman–Crippen LogP) is 0.695. The van der Waals surface area contributed by atoms with Crippen LogP contribution in [0.4, 0.5) is 5.69 Å². The Kier molecular flexibility index (Phi) is 3.93. The third kappa shape index (κ3) is 2.85. The fourth-order valence-electron chi connectivity index (χ4n) is 1.12. The Hall–Kier alpha value is -1.75. The maximum absolute atomic E-state index is 10.7. The van der Waals surface area contributed by atoms with E-state index in [-0.39, 0.29) is 11.3 Å². The lowest BCUT2D eigenvalue weighted by Gasteiger charge is -2.09. The molecule has 0 aromatic heterocycles. The van der Waals surface area contributed by atoms with Crippen LogP contribution >= 0.6 is 0 Å². The zero-order chi connectivity index (χ0) is 11.3. The molecule has 1 rings (SSSR count). The van der Waals surface area contributed by atoms with E-state index in [4.69, 9.17) is 21.3 Å². The molecule has 0 aliphatic rings. The maximum Gasteiger partial charge on any atom is 0.337 e. The molecule has 82 valence electrons. The SMILES string of the molecule is NCCCOc1cccc(C(=O)O)c1N. The molecule has 0 spiro atoms. The summed E-state index contributed by atoms with van der Waals surface area (Å²) in [6, 6.07) is 4.67. The van der Waals surface area contributed by atoms with Crippen LogP contribution in [-0.4, -0.2) is 24.2 Å². The minimum absolute atomic E-state index is 0.0558. The molecule has 5 heteroatoms. The lowest BCUT2D eigenvalue weighted by atomic mass is 10.1. The van der Waals surface area contributed by atoms with E-state index in [0.29, 0.717) is 25.3 Å². The number of carboxylic acids is 1. The summed E-state index contributed by atoms with van der Waals surface area (Å²) < 4.78 is 5.30. The summed E-state index contributed by atoms with van der Waals surface area (Å²) >= 11 is 0. The third-order valence-corrected chi connectivity index (χ3v) is 1.90. The summed E-state index contributed by atoms with van der Waals surface area (Å²) in [5.41, 5.74) is 11.1. The zero-order valence-electron chi connectivity index (χ0n) is 8.27. The highest BCUT2D eigenvalue weighted by atomic mass is 16.5. The molecule has 0 radical (unpaired) electrons. The number of nitrogen functional groups attached to an aromatic ring is 1. The number of carboxylic acid groups (broad SMARTS) is 1. The Balaban J connectivity index is 2.80. The molecule has 0 amide bonds. The van der Waals surface area contributed by atoms with Crippen LogP contribution in [0.15, 0.2) is 18.2 Å². The number of benzene rings is 1. The van der Waals surface area contributed by atoms with Crippen molar-refractivity contribution in [2.24, 2.45) is 5.73 Å². The first-order valence-corrected chi connectivity index (χ1v) is 4.61. The summed E-state index contributed by atoms with van der Waals surface area (Å²) in [6.45, 7) is 0.961. The molecule has 5 N–H and O–H groups in total. The standard InChI is InChI=1S/C10H14N2O3/c11-5-2-6-15-8-4-1-3-7(9(8)12)10(13)14/h1,3-4H,2,5-6,11-12H2,(H,13,14). The molecule has 0 aliphatic carbocycles. The van der Waals surface area contributed by atoms with E-state index < -0.39 is 5.97 Å². The number of nitrogens with two attached hydrogens (primary N) is 2. The van der Waals surface area contributed by atoms with Crippen LogP contribution in [-0.2, 0) is 0 Å². The smallest absolute Gasteiger partial charge is 0.337 e. The molecule has 0 saturated carbocycles. The molecule has 0 aliphatic heterocycles. The normalized spacial score (nSPS) is 9.93. The molecule has 0 unspecified atom stereocenters. The Morgan fingerprint density at radius 2 is 2.20 bits per heavy atom. The summed E-state index contributed by atoms with van der Waals surface area (Å²) in [4.78, 5) is 10.7. The quantitative estimate of drug-likeness (QED) is 0.490. The largest absolute Gasteiger partial charge is 0.491 e. The second kappa shape index (κ2) is 5.21. The number of aromatic carboxylic acids is 1. The first-order valence-electron chi connectivity index (χ1n) is 4.61. The highest BCUT2D eigenvalue weighted by Gasteiger charge is 2.11. The van der Waals surface area contributed by atoms with Gasteiger partial charge < -0.3 is 21.3 Å². The van der Waals surface area contributed by atoms with E-state index in [1.54, 1.807) is 12.1 Å². The lowest BCUT2D eigenvalue weighted by molar-refractivity contribution is 0.0697. The number of ether oxygens (including phenoxy) is 1. The average molecular weight is 210 g/mol. The topological polar surface area (TPSA) is 98.6 Å². The number of carbonyl (C=O) groups is 1. The number of hydrogen-bond donors (Lipinski definition) is 3. The summed E-state index contributed by atoms with van der Waals surface area (Å²) in [7, 11) is 0. The van der Waals surface area contributed by atoms with Gasteiger partial charge in [-0.1, -0.05) is 6.07 Å². The van der Waals surface area contributed by atoms with Crippen molar-refractivity contribution in [3.8, 4) is 5.75 Å². The van der Waals surface area contributed by atoms with Crippen LogP contribution < -0.4 is 16.2 Å². The number of rotatable bonds is 5. The summed E-state index contributed by atoms with van der Waals surface area (Å²) in [5, 5.41) is 8.81. The molecule has 0 atom stereocenters. The van der Waals surface area contributed by atoms with Crippen molar-refractivity contribution in [3.63, 3.8) is 0 Å². The van der Waals surface area contributed by atoms with Gasteiger partial charge in [0.1, 0.15) is 5.75 Å². The molecule has 5 nitrogen and oxygen atoms in total. The lowest BCUT2D eigenvalue weighted by Crippen LogP contribution is -2.09. The Morgan fingerprint density at radius 1 is 1.47 bits per heavy atom. The minimum atomic E-state index is -1.06.